The van der Waals surface area contributed by atoms with E-state index in [9.17, 15) is 0 Å². The number of benzene rings is 4. The first-order chi connectivity index (χ1) is 24.3. The summed E-state index contributed by atoms with van der Waals surface area (Å²) in [5.74, 6) is 8.21. The summed E-state index contributed by atoms with van der Waals surface area (Å²) >= 11 is 0. The fraction of sp³-hybridized carbons (Fsp3) is 0.0652. The van der Waals surface area contributed by atoms with E-state index in [4.69, 9.17) is 4.98 Å². The zero-order chi connectivity index (χ0) is 32.3. The highest BCUT2D eigenvalue weighted by molar-refractivity contribution is 6.13. The smallest absolute Gasteiger partial charge is 0.147 e. The fourth-order valence-electron chi connectivity index (χ4n) is 7.99. The average Bonchev–Trinajstić information content (AvgIpc) is 3.33. The highest BCUT2D eigenvalue weighted by Crippen LogP contribution is 2.41. The summed E-state index contributed by atoms with van der Waals surface area (Å²) in [5.41, 5.74) is 9.98. The van der Waals surface area contributed by atoms with Crippen molar-refractivity contribution < 1.29 is 0 Å². The van der Waals surface area contributed by atoms with Gasteiger partial charge in [-0.1, -0.05) is 145 Å². The third-order valence-corrected chi connectivity index (χ3v) is 10.2. The van der Waals surface area contributed by atoms with Crippen LogP contribution in [-0.2, 0) is 0 Å². The number of anilines is 2. The van der Waals surface area contributed by atoms with Crippen molar-refractivity contribution in [3.8, 4) is 11.8 Å². The highest BCUT2D eigenvalue weighted by Gasteiger charge is 2.30. The molecule has 4 aromatic carbocycles. The third kappa shape index (κ3) is 4.42. The van der Waals surface area contributed by atoms with Gasteiger partial charge >= 0.3 is 0 Å². The van der Waals surface area contributed by atoms with E-state index in [1.54, 1.807) is 0 Å². The van der Waals surface area contributed by atoms with Crippen molar-refractivity contribution >= 4 is 61.1 Å². The van der Waals surface area contributed by atoms with Crippen LogP contribution in [0.4, 0.5) is 11.5 Å². The summed E-state index contributed by atoms with van der Waals surface area (Å²) in [6.45, 7) is 0. The number of aromatic nitrogens is 2. The molecule has 0 fully saturated rings. The largest absolute Gasteiger partial charge is 0.339 e. The molecule has 0 bridgehead atoms. The van der Waals surface area contributed by atoms with Gasteiger partial charge in [-0.3, -0.25) is 4.40 Å². The number of hydrogen-bond acceptors (Lipinski definition) is 2. The van der Waals surface area contributed by atoms with E-state index < -0.39 is 0 Å². The second-order valence-corrected chi connectivity index (χ2v) is 13.0. The topological polar surface area (TPSA) is 29.3 Å². The van der Waals surface area contributed by atoms with Gasteiger partial charge in [0.15, 0.2) is 0 Å². The molecule has 1 N–H and O–H groups in total. The number of nitrogens with one attached hydrogen (secondary N) is 1. The number of para-hydroxylation sites is 1. The first kappa shape index (κ1) is 27.7. The van der Waals surface area contributed by atoms with Gasteiger partial charge in [0.1, 0.15) is 17.2 Å². The van der Waals surface area contributed by atoms with Crippen LogP contribution in [0.15, 0.2) is 158 Å². The van der Waals surface area contributed by atoms with E-state index in [0.29, 0.717) is 5.92 Å². The van der Waals surface area contributed by atoms with Crippen LogP contribution < -0.4 is 15.8 Å². The van der Waals surface area contributed by atoms with E-state index >= 15 is 0 Å². The molecule has 0 spiro atoms. The molecule has 4 aliphatic rings. The zero-order valence-corrected chi connectivity index (χ0v) is 26.8. The van der Waals surface area contributed by atoms with Crippen LogP contribution >= 0.6 is 0 Å². The van der Waals surface area contributed by atoms with Crippen molar-refractivity contribution in [3.05, 3.63) is 180 Å². The first-order valence-corrected chi connectivity index (χ1v) is 17.0. The standard InChI is InChI=1S/C46H31N3/c1-2-4-15-30(14-3-1)44-46(49-43-25-12-11-23-40(43)38-22-9-10-24-41(38)45(49)48-44)47-33-17-13-16-31(28-33)32-26-27-39-36-20-6-5-18-34(36)35-19-7-8-21-37(35)42(39)29-32/h1,3,5-14,16-29,37,42,47H,2H2. The fourth-order valence-corrected chi connectivity index (χ4v) is 7.99. The Morgan fingerprint density at radius 1 is 0.714 bits per heavy atom. The lowest BCUT2D eigenvalue weighted by atomic mass is 9.71. The normalized spacial score (nSPS) is 18.8. The number of imidazole rings is 1. The van der Waals surface area contributed by atoms with Crippen molar-refractivity contribution in [2.45, 2.75) is 6.42 Å². The van der Waals surface area contributed by atoms with Crippen molar-refractivity contribution in [1.82, 2.24) is 9.38 Å². The van der Waals surface area contributed by atoms with Crippen molar-refractivity contribution in [1.29, 1.82) is 0 Å². The van der Waals surface area contributed by atoms with Crippen molar-refractivity contribution in [3.63, 3.8) is 0 Å². The van der Waals surface area contributed by atoms with E-state index in [1.807, 2.05) is 0 Å². The molecule has 0 saturated heterocycles. The van der Waals surface area contributed by atoms with Crippen LogP contribution in [0.2, 0.25) is 0 Å². The predicted octanol–water partition coefficient (Wildman–Crippen LogP) is 9.06. The first-order valence-electron chi connectivity index (χ1n) is 17.0. The van der Waals surface area contributed by atoms with Crippen LogP contribution in [0.25, 0.3) is 49.6 Å². The summed E-state index contributed by atoms with van der Waals surface area (Å²) in [6.07, 6.45) is 23.1. The van der Waals surface area contributed by atoms with E-state index in [-0.39, 0.29) is 5.92 Å². The zero-order valence-electron chi connectivity index (χ0n) is 26.8. The number of hydrogen-bond donors (Lipinski definition) is 1. The molecule has 230 valence electrons. The molecule has 3 heteroatoms. The van der Waals surface area contributed by atoms with Crippen LogP contribution in [0, 0.1) is 23.7 Å². The minimum Gasteiger partial charge on any atom is -0.339 e. The van der Waals surface area contributed by atoms with E-state index in [1.165, 1.54) is 43.5 Å². The van der Waals surface area contributed by atoms with Crippen LogP contribution in [0.1, 0.15) is 17.7 Å². The molecule has 2 atom stereocenters. The Labute approximate surface area is 284 Å². The van der Waals surface area contributed by atoms with E-state index in [2.05, 4.69) is 179 Å². The number of allylic oxidation sites excluding steroid dienone is 12. The second-order valence-electron chi connectivity index (χ2n) is 13.0. The van der Waals surface area contributed by atoms with Gasteiger partial charge in [-0.2, -0.15) is 0 Å². The van der Waals surface area contributed by atoms with Gasteiger partial charge in [0.05, 0.1) is 11.1 Å². The molecule has 10 rings (SSSR count). The maximum atomic E-state index is 5.32. The van der Waals surface area contributed by atoms with Crippen LogP contribution in [0.5, 0.6) is 0 Å². The summed E-state index contributed by atoms with van der Waals surface area (Å²) in [7, 11) is 0. The Bertz CT molecular complexity index is 2780. The maximum absolute atomic E-state index is 5.32. The molecule has 0 aliphatic heterocycles. The Morgan fingerprint density at radius 2 is 1.51 bits per heavy atom. The van der Waals surface area contributed by atoms with Gasteiger partial charge in [0.2, 0.25) is 0 Å². The van der Waals surface area contributed by atoms with Gasteiger partial charge in [-0.05, 0) is 62.4 Å². The molecule has 6 aromatic rings. The van der Waals surface area contributed by atoms with Crippen LogP contribution in [0.3, 0.4) is 0 Å². The quantitative estimate of drug-likeness (QED) is 0.156. The SMILES string of the molecule is C1#CC(c2nc3c4ccccc4c4ccccc4n3c2Nc2cccc(C3=CC4C(=c5ccccc5=C5C=CC=CC54)C=C3)c2)=CC=CC1. The van der Waals surface area contributed by atoms with Crippen molar-refractivity contribution in [2.24, 2.45) is 11.8 Å². The summed E-state index contributed by atoms with van der Waals surface area (Å²) in [4.78, 5) is 5.32. The highest BCUT2D eigenvalue weighted by atomic mass is 15.1. The minimum absolute atomic E-state index is 0.279. The lowest BCUT2D eigenvalue weighted by Gasteiger charge is -2.32. The lowest BCUT2D eigenvalue weighted by Crippen LogP contribution is -2.39. The van der Waals surface area contributed by atoms with Gasteiger partial charge < -0.3 is 5.32 Å². The summed E-state index contributed by atoms with van der Waals surface area (Å²) in [5, 5.41) is 10.0. The minimum atomic E-state index is 0.279. The molecule has 49 heavy (non-hydrogen) atoms. The molecule has 2 aromatic heterocycles. The molecule has 2 unspecified atom stereocenters. The van der Waals surface area contributed by atoms with Crippen LogP contribution in [-0.4, -0.2) is 9.38 Å². The second kappa shape index (κ2) is 11.1. The van der Waals surface area contributed by atoms with Gasteiger partial charge in [-0.25, -0.2) is 4.98 Å². The Kier molecular flexibility index (Phi) is 6.29. The number of rotatable bonds is 4. The molecule has 3 nitrogen and oxygen atoms in total. The Morgan fingerprint density at radius 3 is 2.41 bits per heavy atom. The molecule has 0 saturated carbocycles. The lowest BCUT2D eigenvalue weighted by molar-refractivity contribution is 0.696. The monoisotopic (exact) mass is 625 g/mol. The van der Waals surface area contributed by atoms with Gasteiger partial charge in [0.25, 0.3) is 0 Å². The number of nitrogens with zero attached hydrogens (tertiary/aromatic N) is 2. The third-order valence-electron chi connectivity index (χ3n) is 10.2. The number of fused-ring (bicyclic) bond motifs is 10. The van der Waals surface area contributed by atoms with Gasteiger partial charge in [0, 0.05) is 34.7 Å². The summed E-state index contributed by atoms with van der Waals surface area (Å²) < 4.78 is 2.28. The summed E-state index contributed by atoms with van der Waals surface area (Å²) in [6, 6.07) is 34.8. The molecule has 0 amide bonds. The van der Waals surface area contributed by atoms with E-state index in [0.717, 1.165) is 45.7 Å². The molecule has 2 heterocycles. The Balaban J connectivity index is 1.12. The average molecular weight is 626 g/mol. The predicted molar refractivity (Wildman–Crippen MR) is 204 cm³/mol. The van der Waals surface area contributed by atoms with Gasteiger partial charge in [-0.15, -0.1) is 0 Å². The molecule has 4 aliphatic carbocycles. The molecular formula is C46H31N3. The number of pyridine rings is 1. The maximum Gasteiger partial charge on any atom is 0.147 e. The molecule has 0 radical (unpaired) electrons. The van der Waals surface area contributed by atoms with Crippen molar-refractivity contribution in [2.75, 3.05) is 5.32 Å². The Hall–Kier alpha value is -6.37. The molecular weight excluding hydrogens is 595 g/mol.